The molecule has 0 radical (unpaired) electrons. The highest BCUT2D eigenvalue weighted by atomic mass is 19.1. The monoisotopic (exact) mass is 388 g/mol. The summed E-state index contributed by atoms with van der Waals surface area (Å²) in [5, 5.41) is 4.08. The number of rotatable bonds is 2. The van der Waals surface area contributed by atoms with Crippen LogP contribution in [-0.2, 0) is 0 Å². The van der Waals surface area contributed by atoms with E-state index in [1.165, 1.54) is 12.1 Å². The number of imidazole rings is 1. The van der Waals surface area contributed by atoms with Crippen molar-refractivity contribution in [3.8, 4) is 16.9 Å². The molecule has 5 rings (SSSR count). The Morgan fingerprint density at radius 1 is 0.966 bits per heavy atom. The Balaban J connectivity index is 1.82. The molecule has 146 valence electrons. The fourth-order valence-corrected chi connectivity index (χ4v) is 3.97. The number of aromatic nitrogens is 3. The van der Waals surface area contributed by atoms with Crippen molar-refractivity contribution in [1.82, 2.24) is 19.5 Å². The summed E-state index contributed by atoms with van der Waals surface area (Å²) < 4.78 is 16.8. The van der Waals surface area contributed by atoms with E-state index in [0.29, 0.717) is 16.6 Å². The predicted octanol–water partition coefficient (Wildman–Crippen LogP) is 3.28. The molecule has 1 aliphatic rings. The fraction of sp³-hybridized carbons (Fsp3) is 0.217. The van der Waals surface area contributed by atoms with Gasteiger partial charge in [-0.1, -0.05) is 24.6 Å². The minimum atomic E-state index is -0.285. The van der Waals surface area contributed by atoms with Gasteiger partial charge in [-0.15, -0.1) is 0 Å². The van der Waals surface area contributed by atoms with Crippen molar-refractivity contribution >= 4 is 11.3 Å². The van der Waals surface area contributed by atoms with Crippen molar-refractivity contribution in [1.29, 1.82) is 0 Å². The topological polar surface area (TPSA) is 51.3 Å². The second-order valence-electron chi connectivity index (χ2n) is 7.34. The van der Waals surface area contributed by atoms with Crippen LogP contribution in [0.25, 0.3) is 28.3 Å². The van der Waals surface area contributed by atoms with Crippen LogP contribution in [0.4, 0.5) is 4.39 Å². The second-order valence-corrected chi connectivity index (χ2v) is 7.34. The maximum absolute atomic E-state index is 13.4. The van der Waals surface area contributed by atoms with Crippen molar-refractivity contribution in [2.45, 2.75) is 25.7 Å². The number of nitrogens with one attached hydrogen (secondary N) is 1. The molecule has 0 amide bonds. The molecule has 0 atom stereocenters. The van der Waals surface area contributed by atoms with E-state index in [1.54, 1.807) is 16.8 Å². The molecule has 1 saturated heterocycles. The Morgan fingerprint density at radius 2 is 1.76 bits per heavy atom. The fourth-order valence-electron chi connectivity index (χ4n) is 3.97. The van der Waals surface area contributed by atoms with E-state index >= 15 is 0 Å². The lowest BCUT2D eigenvalue weighted by atomic mass is 10.1. The third-order valence-corrected chi connectivity index (χ3v) is 5.42. The van der Waals surface area contributed by atoms with Crippen molar-refractivity contribution in [2.75, 3.05) is 6.54 Å². The number of fused-ring (bicyclic) bond motifs is 1. The molecule has 0 bridgehead atoms. The molecular weight excluding hydrogens is 367 g/mol. The molecule has 6 heteroatoms. The molecular formula is C23H21FN4O. The van der Waals surface area contributed by atoms with E-state index in [0.717, 1.165) is 49.2 Å². The van der Waals surface area contributed by atoms with Gasteiger partial charge in [0, 0.05) is 17.8 Å². The third kappa shape index (κ3) is 3.10. The van der Waals surface area contributed by atoms with E-state index in [-0.39, 0.29) is 11.4 Å². The lowest BCUT2D eigenvalue weighted by Gasteiger charge is -2.04. The van der Waals surface area contributed by atoms with Gasteiger partial charge in [-0.05, 0) is 55.7 Å². The molecule has 3 heterocycles. The predicted molar refractivity (Wildman–Crippen MR) is 111 cm³/mol. The molecule has 1 aliphatic heterocycles. The first-order valence-electron chi connectivity index (χ1n) is 9.95. The van der Waals surface area contributed by atoms with E-state index in [1.807, 2.05) is 41.0 Å². The van der Waals surface area contributed by atoms with Gasteiger partial charge in [-0.3, -0.25) is 4.79 Å². The summed E-state index contributed by atoms with van der Waals surface area (Å²) in [7, 11) is 0. The molecule has 2 aromatic heterocycles. The first-order valence-corrected chi connectivity index (χ1v) is 9.95. The van der Waals surface area contributed by atoms with E-state index < -0.39 is 0 Å². The smallest absolute Gasteiger partial charge is 0.283 e. The van der Waals surface area contributed by atoms with Gasteiger partial charge in [-0.2, -0.15) is 0 Å². The van der Waals surface area contributed by atoms with Crippen LogP contribution in [0.15, 0.2) is 65.6 Å². The molecule has 0 spiro atoms. The number of halogens is 1. The summed E-state index contributed by atoms with van der Waals surface area (Å²) >= 11 is 0. The van der Waals surface area contributed by atoms with Crippen LogP contribution < -0.4 is 16.1 Å². The number of nitrogens with zero attached hydrogens (tertiary/aromatic N) is 3. The van der Waals surface area contributed by atoms with Gasteiger partial charge < -0.3 is 5.32 Å². The molecule has 0 saturated carbocycles. The van der Waals surface area contributed by atoms with Crippen molar-refractivity contribution in [3.63, 3.8) is 0 Å². The Bertz CT molecular complexity index is 1260. The van der Waals surface area contributed by atoms with Crippen LogP contribution in [0.3, 0.4) is 0 Å². The van der Waals surface area contributed by atoms with E-state index in [9.17, 15) is 9.18 Å². The van der Waals surface area contributed by atoms with Crippen molar-refractivity contribution in [3.05, 3.63) is 82.2 Å². The minimum absolute atomic E-state index is 0.0752. The zero-order chi connectivity index (χ0) is 19.8. The van der Waals surface area contributed by atoms with Gasteiger partial charge in [0.1, 0.15) is 11.0 Å². The van der Waals surface area contributed by atoms with Crippen LogP contribution >= 0.6 is 0 Å². The summed E-state index contributed by atoms with van der Waals surface area (Å²) in [4.78, 5) is 18.2. The molecule has 2 aromatic carbocycles. The highest BCUT2D eigenvalue weighted by molar-refractivity contribution is 5.65. The summed E-state index contributed by atoms with van der Waals surface area (Å²) in [6.45, 7) is 0.864. The number of hydrogen-bond donors (Lipinski definition) is 1. The Morgan fingerprint density at radius 3 is 2.55 bits per heavy atom. The van der Waals surface area contributed by atoms with Gasteiger partial charge in [-0.25, -0.2) is 18.6 Å². The Kier molecular flexibility index (Phi) is 4.39. The van der Waals surface area contributed by atoms with Gasteiger partial charge in [0.05, 0.1) is 17.6 Å². The van der Waals surface area contributed by atoms with Crippen molar-refractivity contribution < 1.29 is 4.39 Å². The zero-order valence-electron chi connectivity index (χ0n) is 15.9. The van der Waals surface area contributed by atoms with Crippen LogP contribution in [0.2, 0.25) is 0 Å². The average molecular weight is 388 g/mol. The second kappa shape index (κ2) is 7.20. The summed E-state index contributed by atoms with van der Waals surface area (Å²) in [5.41, 5.74) is 3.82. The first kappa shape index (κ1) is 17.7. The van der Waals surface area contributed by atoms with Crippen LogP contribution in [0.1, 0.15) is 25.7 Å². The third-order valence-electron chi connectivity index (χ3n) is 5.42. The van der Waals surface area contributed by atoms with E-state index in [4.69, 9.17) is 4.98 Å². The standard InChI is InChI=1S/C23H21FN4O/c24-17-12-10-16(11-13-17)20-15-27-22(26-20)21(19-9-5-2-6-14-25-19)23(29)28(27)18-7-3-1-4-8-18/h1,3-4,7-8,10-13,15,25H,2,5-6,9,14H2/b21-19-. The average Bonchev–Trinajstić information content (AvgIpc) is 3.12. The molecule has 29 heavy (non-hydrogen) atoms. The highest BCUT2D eigenvalue weighted by Gasteiger charge is 2.19. The molecule has 1 N–H and O–H groups in total. The lowest BCUT2D eigenvalue weighted by molar-refractivity contribution is 0.628. The number of hydrogen-bond acceptors (Lipinski definition) is 3. The first-order chi connectivity index (χ1) is 14.2. The number of benzene rings is 2. The zero-order valence-corrected chi connectivity index (χ0v) is 15.9. The van der Waals surface area contributed by atoms with Crippen LogP contribution in [0, 0.1) is 5.82 Å². The lowest BCUT2D eigenvalue weighted by Crippen LogP contribution is -2.33. The highest BCUT2D eigenvalue weighted by Crippen LogP contribution is 2.20. The molecule has 4 aromatic rings. The maximum atomic E-state index is 13.4. The Labute approximate surface area is 167 Å². The van der Waals surface area contributed by atoms with Gasteiger partial charge in [0.2, 0.25) is 0 Å². The molecule has 0 unspecified atom stereocenters. The maximum Gasteiger partial charge on any atom is 0.283 e. The summed E-state index contributed by atoms with van der Waals surface area (Å²) in [6, 6.07) is 15.8. The molecule has 5 nitrogen and oxygen atoms in total. The Hall–Kier alpha value is -3.41. The van der Waals surface area contributed by atoms with Gasteiger partial charge >= 0.3 is 0 Å². The van der Waals surface area contributed by atoms with Gasteiger partial charge in [0.25, 0.3) is 5.56 Å². The number of para-hydroxylation sites is 1. The van der Waals surface area contributed by atoms with Gasteiger partial charge in [0.15, 0.2) is 5.65 Å². The normalized spacial score (nSPS) is 16.6. The molecule has 0 aliphatic carbocycles. The summed E-state index contributed by atoms with van der Waals surface area (Å²) in [6.07, 6.45) is 5.98. The molecule has 1 fully saturated rings. The largest absolute Gasteiger partial charge is 0.388 e. The summed E-state index contributed by atoms with van der Waals surface area (Å²) in [5.74, 6) is -0.285. The van der Waals surface area contributed by atoms with E-state index in [2.05, 4.69) is 5.32 Å². The minimum Gasteiger partial charge on any atom is -0.388 e. The van der Waals surface area contributed by atoms with Crippen LogP contribution in [0.5, 0.6) is 0 Å². The quantitative estimate of drug-likeness (QED) is 0.573. The SMILES string of the molecule is O=c1/c(=C2/CCCCCN2)c2nc(-c3ccc(F)cc3)cn2n1-c1ccccc1. The van der Waals surface area contributed by atoms with Crippen molar-refractivity contribution in [2.24, 2.45) is 0 Å². The van der Waals surface area contributed by atoms with Crippen LogP contribution in [-0.4, -0.2) is 20.7 Å².